The van der Waals surface area contributed by atoms with Gasteiger partial charge >= 0.3 is 6.01 Å². The lowest BCUT2D eigenvalue weighted by Crippen LogP contribution is -1.90. The van der Waals surface area contributed by atoms with Crippen molar-refractivity contribution in [1.82, 2.24) is 20.4 Å². The summed E-state index contributed by atoms with van der Waals surface area (Å²) in [7, 11) is 1.65. The number of aromatic amines is 1. The Balaban J connectivity index is 1.33. The standard InChI is InChI=1S/C25H21N5O2/c1-31-20-9-5-8-18(14-20)15-24-29-30-25(32-24)26-19-11-13-23-21(16-19)22(27-28-23)12-10-17-6-3-2-4-7-17/h2-14,16H,15H2,1H3,(H,26,30)(H,27,28). The average Bonchev–Trinajstić information content (AvgIpc) is 3.45. The maximum atomic E-state index is 5.78. The number of ether oxygens (including phenoxy) is 1. The minimum atomic E-state index is 0.340. The van der Waals surface area contributed by atoms with Gasteiger partial charge in [0.05, 0.1) is 24.7 Å². The van der Waals surface area contributed by atoms with Crippen LogP contribution in [0.15, 0.2) is 77.2 Å². The first-order valence-corrected chi connectivity index (χ1v) is 10.2. The number of methoxy groups -OCH3 is 1. The third kappa shape index (κ3) is 4.37. The van der Waals surface area contributed by atoms with Gasteiger partial charge in [0.15, 0.2) is 0 Å². The van der Waals surface area contributed by atoms with Crippen LogP contribution in [-0.4, -0.2) is 27.5 Å². The van der Waals surface area contributed by atoms with Gasteiger partial charge < -0.3 is 14.5 Å². The molecule has 2 N–H and O–H groups in total. The molecule has 0 atom stereocenters. The van der Waals surface area contributed by atoms with Gasteiger partial charge in [0.25, 0.3) is 0 Å². The third-order valence-corrected chi connectivity index (χ3v) is 5.03. The molecule has 2 aromatic heterocycles. The molecule has 0 fully saturated rings. The summed E-state index contributed by atoms with van der Waals surface area (Å²) in [5, 5.41) is 19.9. The van der Waals surface area contributed by atoms with Crippen molar-refractivity contribution in [3.8, 4) is 5.75 Å². The van der Waals surface area contributed by atoms with E-state index in [9.17, 15) is 0 Å². The van der Waals surface area contributed by atoms with Crippen LogP contribution >= 0.6 is 0 Å². The van der Waals surface area contributed by atoms with Gasteiger partial charge in [0.1, 0.15) is 5.75 Å². The Morgan fingerprint density at radius 1 is 0.969 bits per heavy atom. The molecule has 5 aromatic rings. The van der Waals surface area contributed by atoms with Crippen LogP contribution in [0.4, 0.5) is 11.7 Å². The van der Waals surface area contributed by atoms with E-state index < -0.39 is 0 Å². The number of fused-ring (bicyclic) bond motifs is 1. The number of nitrogens with one attached hydrogen (secondary N) is 2. The van der Waals surface area contributed by atoms with E-state index in [1.807, 2.05) is 72.8 Å². The third-order valence-electron chi connectivity index (χ3n) is 5.03. The predicted molar refractivity (Wildman–Crippen MR) is 125 cm³/mol. The van der Waals surface area contributed by atoms with Crippen LogP contribution in [0.25, 0.3) is 23.1 Å². The highest BCUT2D eigenvalue weighted by Gasteiger charge is 2.10. The van der Waals surface area contributed by atoms with Crippen LogP contribution in [0.1, 0.15) is 22.7 Å². The van der Waals surface area contributed by atoms with Crippen LogP contribution in [-0.2, 0) is 6.42 Å². The molecular weight excluding hydrogens is 402 g/mol. The SMILES string of the molecule is COc1cccc(Cc2nnc(Nc3ccc4[nH]nc(C=Cc5ccccc5)c4c3)o2)c1. The molecule has 7 nitrogen and oxygen atoms in total. The molecule has 0 saturated carbocycles. The molecule has 0 aliphatic carbocycles. The van der Waals surface area contributed by atoms with Gasteiger partial charge in [-0.25, -0.2) is 0 Å². The van der Waals surface area contributed by atoms with E-state index in [1.54, 1.807) is 7.11 Å². The summed E-state index contributed by atoms with van der Waals surface area (Å²) in [6.45, 7) is 0. The smallest absolute Gasteiger partial charge is 0.320 e. The number of aromatic nitrogens is 4. The summed E-state index contributed by atoms with van der Waals surface area (Å²) in [5.74, 6) is 1.32. The molecule has 0 saturated heterocycles. The Hall–Kier alpha value is -4.39. The Morgan fingerprint density at radius 2 is 1.88 bits per heavy atom. The molecule has 2 heterocycles. The number of benzene rings is 3. The average molecular weight is 423 g/mol. The lowest BCUT2D eigenvalue weighted by Gasteiger charge is -2.02. The molecule has 0 radical (unpaired) electrons. The molecule has 158 valence electrons. The van der Waals surface area contributed by atoms with Gasteiger partial charge in [-0.3, -0.25) is 5.10 Å². The number of hydrogen-bond acceptors (Lipinski definition) is 6. The topological polar surface area (TPSA) is 88.9 Å². The zero-order chi connectivity index (χ0) is 21.8. The van der Waals surface area contributed by atoms with Crippen LogP contribution in [0.3, 0.4) is 0 Å². The van der Waals surface area contributed by atoms with E-state index in [4.69, 9.17) is 9.15 Å². The second-order valence-corrected chi connectivity index (χ2v) is 7.27. The maximum Gasteiger partial charge on any atom is 0.320 e. The van der Waals surface area contributed by atoms with Crippen molar-refractivity contribution in [1.29, 1.82) is 0 Å². The molecule has 0 aliphatic rings. The van der Waals surface area contributed by atoms with Gasteiger partial charge in [-0.15, -0.1) is 5.10 Å². The Labute approximate surface area is 184 Å². The van der Waals surface area contributed by atoms with E-state index in [1.165, 1.54) is 0 Å². The van der Waals surface area contributed by atoms with Crippen LogP contribution < -0.4 is 10.1 Å². The zero-order valence-electron chi connectivity index (χ0n) is 17.4. The van der Waals surface area contributed by atoms with Gasteiger partial charge in [0.2, 0.25) is 5.89 Å². The maximum absolute atomic E-state index is 5.78. The van der Waals surface area contributed by atoms with Crippen molar-refractivity contribution < 1.29 is 9.15 Å². The summed E-state index contributed by atoms with van der Waals surface area (Å²) in [6.07, 6.45) is 4.57. The van der Waals surface area contributed by atoms with Gasteiger partial charge in [-0.2, -0.15) is 5.10 Å². The normalized spacial score (nSPS) is 11.3. The molecule has 0 bridgehead atoms. The molecule has 5 rings (SSSR count). The van der Waals surface area contributed by atoms with Gasteiger partial charge in [-0.1, -0.05) is 53.6 Å². The van der Waals surface area contributed by atoms with Gasteiger partial charge in [-0.05, 0) is 47.5 Å². The van der Waals surface area contributed by atoms with Crippen LogP contribution in [0.2, 0.25) is 0 Å². The first-order valence-electron chi connectivity index (χ1n) is 10.2. The Bertz CT molecular complexity index is 1370. The Morgan fingerprint density at radius 3 is 2.75 bits per heavy atom. The molecular formula is C25H21N5O2. The summed E-state index contributed by atoms with van der Waals surface area (Å²) in [4.78, 5) is 0. The van der Waals surface area contributed by atoms with Gasteiger partial charge in [0, 0.05) is 11.1 Å². The summed E-state index contributed by atoms with van der Waals surface area (Å²) >= 11 is 0. The molecule has 0 aliphatic heterocycles. The van der Waals surface area contributed by atoms with Crippen LogP contribution in [0, 0.1) is 0 Å². The fourth-order valence-corrected chi connectivity index (χ4v) is 3.43. The van der Waals surface area contributed by atoms with Crippen LogP contribution in [0.5, 0.6) is 5.75 Å². The number of nitrogens with zero attached hydrogens (tertiary/aromatic N) is 3. The minimum Gasteiger partial charge on any atom is -0.497 e. The van der Waals surface area contributed by atoms with E-state index in [0.29, 0.717) is 18.3 Å². The van der Waals surface area contributed by atoms with Crippen molar-refractivity contribution >= 4 is 34.8 Å². The quantitative estimate of drug-likeness (QED) is 0.361. The fourth-order valence-electron chi connectivity index (χ4n) is 3.43. The highest BCUT2D eigenvalue weighted by molar-refractivity contribution is 5.91. The number of hydrogen-bond donors (Lipinski definition) is 2. The van der Waals surface area contributed by atoms with E-state index in [-0.39, 0.29) is 0 Å². The van der Waals surface area contributed by atoms with Crippen molar-refractivity contribution in [2.24, 2.45) is 0 Å². The monoisotopic (exact) mass is 423 g/mol. The molecule has 0 spiro atoms. The minimum absolute atomic E-state index is 0.340. The molecule has 0 amide bonds. The molecule has 3 aromatic carbocycles. The highest BCUT2D eigenvalue weighted by Crippen LogP contribution is 2.25. The fraction of sp³-hybridized carbons (Fsp3) is 0.0800. The lowest BCUT2D eigenvalue weighted by molar-refractivity contribution is 0.414. The van der Waals surface area contributed by atoms with E-state index in [0.717, 1.165) is 39.2 Å². The van der Waals surface area contributed by atoms with E-state index >= 15 is 0 Å². The molecule has 7 heteroatoms. The van der Waals surface area contributed by atoms with Crippen molar-refractivity contribution in [3.05, 3.63) is 95.5 Å². The molecule has 32 heavy (non-hydrogen) atoms. The lowest BCUT2D eigenvalue weighted by atomic mass is 10.1. The summed E-state index contributed by atoms with van der Waals surface area (Å²) in [5.41, 5.74) is 4.80. The second-order valence-electron chi connectivity index (χ2n) is 7.27. The number of anilines is 2. The summed E-state index contributed by atoms with van der Waals surface area (Å²) < 4.78 is 11.0. The van der Waals surface area contributed by atoms with Crippen molar-refractivity contribution in [3.63, 3.8) is 0 Å². The Kier molecular flexibility index (Phi) is 5.36. The number of rotatable bonds is 7. The predicted octanol–water partition coefficient (Wildman–Crippen LogP) is 5.46. The highest BCUT2D eigenvalue weighted by atomic mass is 16.5. The largest absolute Gasteiger partial charge is 0.497 e. The summed E-state index contributed by atoms with van der Waals surface area (Å²) in [6, 6.07) is 24.2. The van der Waals surface area contributed by atoms with Crippen molar-refractivity contribution in [2.75, 3.05) is 12.4 Å². The molecule has 0 unspecified atom stereocenters. The second kappa shape index (κ2) is 8.77. The number of H-pyrrole nitrogens is 1. The first-order chi connectivity index (χ1) is 15.8. The first kappa shape index (κ1) is 19.6. The van der Waals surface area contributed by atoms with E-state index in [2.05, 4.69) is 37.8 Å². The van der Waals surface area contributed by atoms with Crippen molar-refractivity contribution in [2.45, 2.75) is 6.42 Å². The zero-order valence-corrected chi connectivity index (χ0v) is 17.4.